The van der Waals surface area contributed by atoms with Crippen molar-refractivity contribution in [3.05, 3.63) is 63.5 Å². The van der Waals surface area contributed by atoms with Gasteiger partial charge in [0.15, 0.2) is 0 Å². The van der Waals surface area contributed by atoms with Gasteiger partial charge in [0.2, 0.25) is 0 Å². The van der Waals surface area contributed by atoms with Crippen LogP contribution in [0.4, 0.5) is 5.69 Å². The molecule has 0 bridgehead atoms. The van der Waals surface area contributed by atoms with Crippen LogP contribution in [0.3, 0.4) is 0 Å². The van der Waals surface area contributed by atoms with E-state index in [1.54, 1.807) is 18.2 Å². The quantitative estimate of drug-likeness (QED) is 0.560. The highest BCUT2D eigenvalue weighted by molar-refractivity contribution is 6.34. The van der Waals surface area contributed by atoms with Gasteiger partial charge in [-0.2, -0.15) is 0 Å². The average molecular weight is 414 g/mol. The molecule has 4 N–H and O–H groups in total. The Hall–Kier alpha value is -2.77. The summed E-state index contributed by atoms with van der Waals surface area (Å²) in [5.41, 5.74) is 8.35. The van der Waals surface area contributed by atoms with Gasteiger partial charge >= 0.3 is 5.69 Å². The summed E-state index contributed by atoms with van der Waals surface area (Å²) in [6.45, 7) is 3.01. The lowest BCUT2D eigenvalue weighted by atomic mass is 10.0. The zero-order chi connectivity index (χ0) is 20.4. The number of aromatic amines is 1. The Morgan fingerprint density at radius 3 is 2.69 bits per heavy atom. The number of benzene rings is 2. The number of nitrogens with two attached hydrogens (primary N) is 1. The number of rotatable bonds is 5. The summed E-state index contributed by atoms with van der Waals surface area (Å²) in [6.07, 6.45) is 1.79. The van der Waals surface area contributed by atoms with E-state index in [0.29, 0.717) is 22.8 Å². The number of hydrogen-bond acceptors (Lipinski definition) is 4. The highest BCUT2D eigenvalue weighted by Crippen LogP contribution is 2.25. The summed E-state index contributed by atoms with van der Waals surface area (Å²) in [7, 11) is 0. The van der Waals surface area contributed by atoms with E-state index < -0.39 is 0 Å². The maximum absolute atomic E-state index is 12.4. The van der Waals surface area contributed by atoms with Crippen LogP contribution in [0.5, 0.6) is 0 Å². The summed E-state index contributed by atoms with van der Waals surface area (Å²) in [6, 6.07) is 13.0. The number of nitrogens with one attached hydrogen (secondary N) is 2. The molecule has 8 heteroatoms. The van der Waals surface area contributed by atoms with Gasteiger partial charge in [-0.15, -0.1) is 0 Å². The van der Waals surface area contributed by atoms with E-state index in [-0.39, 0.29) is 17.6 Å². The normalized spacial score (nSPS) is 15.6. The van der Waals surface area contributed by atoms with Crippen molar-refractivity contribution in [1.82, 2.24) is 19.8 Å². The molecule has 4 rings (SSSR count). The Morgan fingerprint density at radius 2 is 1.93 bits per heavy atom. The van der Waals surface area contributed by atoms with Crippen molar-refractivity contribution < 1.29 is 4.79 Å². The Morgan fingerprint density at radius 1 is 1.17 bits per heavy atom. The molecule has 2 heterocycles. The highest BCUT2D eigenvalue weighted by atomic mass is 35.5. The first-order valence-electron chi connectivity index (χ1n) is 9.78. The van der Waals surface area contributed by atoms with Crippen molar-refractivity contribution in [2.45, 2.75) is 18.9 Å². The van der Waals surface area contributed by atoms with Crippen LogP contribution in [0.1, 0.15) is 29.2 Å². The van der Waals surface area contributed by atoms with Gasteiger partial charge in [0, 0.05) is 37.9 Å². The van der Waals surface area contributed by atoms with Crippen LogP contribution in [0, 0.1) is 0 Å². The maximum atomic E-state index is 12.4. The van der Waals surface area contributed by atoms with Crippen LogP contribution in [0.25, 0.3) is 11.0 Å². The fourth-order valence-electron chi connectivity index (χ4n) is 4.03. The van der Waals surface area contributed by atoms with Crippen molar-refractivity contribution >= 4 is 34.2 Å². The number of imidazole rings is 1. The maximum Gasteiger partial charge on any atom is 0.326 e. The topological polar surface area (TPSA) is 96.2 Å². The van der Waals surface area contributed by atoms with Crippen molar-refractivity contribution in [3.8, 4) is 0 Å². The fraction of sp³-hybridized carbons (Fsp3) is 0.333. The van der Waals surface area contributed by atoms with Crippen molar-refractivity contribution in [1.29, 1.82) is 0 Å². The first-order valence-corrected chi connectivity index (χ1v) is 10.2. The number of para-hydroxylation sites is 2. The molecular weight excluding hydrogens is 390 g/mol. The molecule has 3 aromatic rings. The van der Waals surface area contributed by atoms with Gasteiger partial charge in [-0.3, -0.25) is 9.36 Å². The summed E-state index contributed by atoms with van der Waals surface area (Å²) >= 11 is 6.09. The molecule has 1 aliphatic rings. The fourth-order valence-corrected chi connectivity index (χ4v) is 4.30. The molecule has 1 fully saturated rings. The lowest BCUT2D eigenvalue weighted by Gasteiger charge is -2.32. The van der Waals surface area contributed by atoms with Gasteiger partial charge in [-0.05, 0) is 37.1 Å². The minimum absolute atomic E-state index is 0.0470. The molecule has 1 aromatic heterocycles. The molecule has 0 aliphatic carbocycles. The first kappa shape index (κ1) is 19.5. The third-order valence-corrected chi connectivity index (χ3v) is 5.85. The molecule has 152 valence electrons. The second-order valence-corrected chi connectivity index (χ2v) is 7.76. The molecular formula is C21H24ClN5O2. The van der Waals surface area contributed by atoms with E-state index in [1.165, 1.54) is 0 Å². The predicted molar refractivity (Wildman–Crippen MR) is 115 cm³/mol. The second kappa shape index (κ2) is 8.31. The molecule has 29 heavy (non-hydrogen) atoms. The van der Waals surface area contributed by atoms with E-state index in [1.807, 2.05) is 28.8 Å². The number of likely N-dealkylation sites (tertiary alicyclic amines) is 1. The molecule has 0 atom stereocenters. The van der Waals surface area contributed by atoms with Crippen LogP contribution >= 0.6 is 11.6 Å². The molecule has 7 nitrogen and oxygen atoms in total. The molecule has 2 aromatic carbocycles. The largest absolute Gasteiger partial charge is 0.398 e. The molecule has 0 unspecified atom stereocenters. The number of carbonyl (C=O) groups excluding carboxylic acids is 1. The van der Waals surface area contributed by atoms with Crippen LogP contribution < -0.4 is 16.7 Å². The zero-order valence-corrected chi connectivity index (χ0v) is 16.8. The number of anilines is 1. The lowest BCUT2D eigenvalue weighted by Crippen LogP contribution is -2.41. The van der Waals surface area contributed by atoms with Gasteiger partial charge in [-0.1, -0.05) is 29.8 Å². The third kappa shape index (κ3) is 4.02. The zero-order valence-electron chi connectivity index (χ0n) is 16.0. The number of halogens is 1. The molecule has 0 spiro atoms. The number of aromatic nitrogens is 2. The number of carbonyl (C=O) groups is 1. The van der Waals surface area contributed by atoms with E-state index >= 15 is 0 Å². The molecule has 0 radical (unpaired) electrons. The predicted octanol–water partition coefficient (Wildman–Crippen LogP) is 2.63. The highest BCUT2D eigenvalue weighted by Gasteiger charge is 2.23. The molecule has 0 saturated carbocycles. The number of nitrogen functional groups attached to an aromatic ring is 1. The Bertz CT molecular complexity index is 1060. The smallest absolute Gasteiger partial charge is 0.326 e. The van der Waals surface area contributed by atoms with Crippen molar-refractivity contribution in [2.24, 2.45) is 0 Å². The number of H-pyrrole nitrogens is 1. The van der Waals surface area contributed by atoms with Crippen LogP contribution in [0.15, 0.2) is 47.3 Å². The van der Waals surface area contributed by atoms with E-state index in [2.05, 4.69) is 15.2 Å². The summed E-state index contributed by atoms with van der Waals surface area (Å²) in [5.74, 6) is -0.256. The number of amides is 1. The van der Waals surface area contributed by atoms with Crippen LogP contribution in [-0.2, 0) is 0 Å². The third-order valence-electron chi connectivity index (χ3n) is 5.53. The van der Waals surface area contributed by atoms with Crippen LogP contribution in [0.2, 0.25) is 5.02 Å². The number of piperidine rings is 1. The Labute approximate surface area is 173 Å². The van der Waals surface area contributed by atoms with Gasteiger partial charge in [0.25, 0.3) is 5.91 Å². The summed E-state index contributed by atoms with van der Waals surface area (Å²) < 4.78 is 1.88. The monoisotopic (exact) mass is 413 g/mol. The van der Waals surface area contributed by atoms with Crippen molar-refractivity contribution in [2.75, 3.05) is 31.9 Å². The number of hydrogen-bond donors (Lipinski definition) is 3. The van der Waals surface area contributed by atoms with E-state index in [9.17, 15) is 9.59 Å². The first-order chi connectivity index (χ1) is 14.0. The summed E-state index contributed by atoms with van der Waals surface area (Å²) in [4.78, 5) is 30.0. The SMILES string of the molecule is Nc1cccc(Cl)c1C(=O)NCCN1CCC(n2c(=O)[nH]c3ccccc32)CC1. The van der Waals surface area contributed by atoms with Gasteiger partial charge < -0.3 is 20.9 Å². The van der Waals surface area contributed by atoms with Gasteiger partial charge in [-0.25, -0.2) is 4.79 Å². The summed E-state index contributed by atoms with van der Waals surface area (Å²) in [5, 5.41) is 3.25. The Kier molecular flexibility index (Phi) is 5.60. The average Bonchev–Trinajstić information content (AvgIpc) is 3.04. The van der Waals surface area contributed by atoms with Crippen molar-refractivity contribution in [3.63, 3.8) is 0 Å². The molecule has 1 aliphatic heterocycles. The number of nitrogens with zero attached hydrogens (tertiary/aromatic N) is 2. The van der Waals surface area contributed by atoms with E-state index in [4.69, 9.17) is 17.3 Å². The second-order valence-electron chi connectivity index (χ2n) is 7.35. The standard InChI is InChI=1S/C21H24ClN5O2/c22-15-4-3-5-16(23)19(15)20(28)24-10-13-26-11-8-14(9-12-26)27-18-7-2-1-6-17(18)25-21(27)29/h1-7,14H,8-13,23H2,(H,24,28)(H,25,29). The minimum atomic E-state index is -0.256. The minimum Gasteiger partial charge on any atom is -0.398 e. The Balaban J connectivity index is 1.31. The van der Waals surface area contributed by atoms with Gasteiger partial charge in [0.1, 0.15) is 0 Å². The van der Waals surface area contributed by atoms with Crippen LogP contribution in [-0.4, -0.2) is 46.5 Å². The lowest BCUT2D eigenvalue weighted by molar-refractivity contribution is 0.0945. The van der Waals surface area contributed by atoms with Gasteiger partial charge in [0.05, 0.1) is 21.6 Å². The number of fused-ring (bicyclic) bond motifs is 1. The molecule has 1 amide bonds. The van der Waals surface area contributed by atoms with E-state index in [0.717, 1.165) is 43.5 Å². The molecule has 1 saturated heterocycles.